The normalized spacial score (nSPS) is 21.5. The van der Waals surface area contributed by atoms with Crippen LogP contribution in [0, 0.1) is 30.1 Å². The van der Waals surface area contributed by atoms with Gasteiger partial charge in [-0.25, -0.2) is 0 Å². The van der Waals surface area contributed by atoms with Crippen LogP contribution in [0.15, 0.2) is 32.5 Å². The Hall–Kier alpha value is -2.83. The molecule has 7 nitrogen and oxygen atoms in total. The molecule has 0 N–H and O–H groups in total. The summed E-state index contributed by atoms with van der Waals surface area (Å²) >= 11 is 6.77. The zero-order valence-corrected chi connectivity index (χ0v) is 22.9. The number of nitriles is 1. The third kappa shape index (κ3) is 5.16. The lowest BCUT2D eigenvalue weighted by Crippen LogP contribution is -2.43. The fourth-order valence-electron chi connectivity index (χ4n) is 5.17. The van der Waals surface area contributed by atoms with Gasteiger partial charge in [0.1, 0.15) is 27.5 Å². The fraction of sp³-hybridized carbons (Fsp3) is 0.481. The molecule has 2 atom stereocenters. The Balaban J connectivity index is 1.86. The molecular weight excluding hydrogens is 492 g/mol. The molecule has 4 heterocycles. The highest BCUT2D eigenvalue weighted by atomic mass is 32.2. The number of nitrogens with zero attached hydrogens (tertiary/aromatic N) is 4. The maximum atomic E-state index is 13.5. The lowest BCUT2D eigenvalue weighted by Gasteiger charge is -2.39. The van der Waals surface area contributed by atoms with Crippen molar-refractivity contribution in [3.8, 4) is 6.07 Å². The van der Waals surface area contributed by atoms with Crippen LogP contribution < -0.4 is 10.5 Å². The lowest BCUT2D eigenvalue weighted by atomic mass is 9.91. The molecule has 0 saturated carbocycles. The van der Waals surface area contributed by atoms with Gasteiger partial charge in [-0.2, -0.15) is 5.26 Å². The zero-order chi connectivity index (χ0) is 26.0. The van der Waals surface area contributed by atoms with Gasteiger partial charge in [0.25, 0.3) is 11.5 Å². The van der Waals surface area contributed by atoms with Crippen molar-refractivity contribution in [1.82, 2.24) is 9.47 Å². The number of carbonyl (C=O) groups excluding carboxylic acids is 1. The second kappa shape index (κ2) is 11.1. The van der Waals surface area contributed by atoms with E-state index in [1.807, 2.05) is 12.1 Å². The van der Waals surface area contributed by atoms with Crippen molar-refractivity contribution < 1.29 is 9.21 Å². The molecule has 9 heteroatoms. The van der Waals surface area contributed by atoms with E-state index in [9.17, 15) is 14.9 Å². The van der Waals surface area contributed by atoms with Crippen LogP contribution in [0.4, 0.5) is 5.82 Å². The molecule has 4 rings (SSSR count). The standard InChI is InChI=1S/C27H32N4O3S2/c1-5-6-9-30-24(29-14-17(2)11-18(3)15-29)21(19(4)22(13-28)25(30)32)12-23-26(33)31(27(35)36-23)16-20-8-7-10-34-20/h7-8,10,12,17-18H,5-6,9,11,14-16H2,1-4H3. The minimum atomic E-state index is -0.258. The Bertz CT molecular complexity index is 1280. The molecule has 0 aromatic carbocycles. The maximum Gasteiger partial charge on any atom is 0.270 e. The molecule has 2 aromatic rings. The number of amides is 1. The number of thiocarbonyl (C=S) groups is 1. The van der Waals surface area contributed by atoms with Gasteiger partial charge >= 0.3 is 0 Å². The van der Waals surface area contributed by atoms with Crippen LogP contribution in [0.1, 0.15) is 62.5 Å². The number of unbranched alkanes of at least 4 members (excludes halogenated alkanes) is 1. The zero-order valence-electron chi connectivity index (χ0n) is 21.2. The Morgan fingerprint density at radius 2 is 2.00 bits per heavy atom. The second-order valence-electron chi connectivity index (χ2n) is 9.86. The van der Waals surface area contributed by atoms with Gasteiger partial charge in [-0.05, 0) is 55.4 Å². The van der Waals surface area contributed by atoms with Crippen molar-refractivity contribution in [2.45, 2.75) is 60.0 Å². The number of pyridine rings is 1. The Labute approximate surface area is 221 Å². The van der Waals surface area contributed by atoms with Gasteiger partial charge in [-0.15, -0.1) is 0 Å². The molecule has 0 radical (unpaired) electrons. The predicted molar refractivity (Wildman–Crippen MR) is 148 cm³/mol. The summed E-state index contributed by atoms with van der Waals surface area (Å²) in [6, 6.07) is 5.72. The number of carbonyl (C=O) groups is 1. The first-order valence-electron chi connectivity index (χ1n) is 12.4. The average Bonchev–Trinajstić information content (AvgIpc) is 3.43. The molecule has 2 aliphatic heterocycles. The molecule has 190 valence electrons. The fourth-order valence-corrected chi connectivity index (χ4v) is 6.41. The first kappa shape index (κ1) is 26.2. The van der Waals surface area contributed by atoms with E-state index in [0.717, 1.165) is 43.7 Å². The van der Waals surface area contributed by atoms with E-state index in [0.29, 0.717) is 38.9 Å². The summed E-state index contributed by atoms with van der Waals surface area (Å²) in [6.45, 7) is 10.8. The summed E-state index contributed by atoms with van der Waals surface area (Å²) in [7, 11) is 0. The van der Waals surface area contributed by atoms with Crippen molar-refractivity contribution >= 4 is 46.1 Å². The van der Waals surface area contributed by atoms with Gasteiger partial charge in [-0.3, -0.25) is 19.1 Å². The molecule has 0 bridgehead atoms. The minimum absolute atomic E-state index is 0.130. The Kier molecular flexibility index (Phi) is 8.06. The summed E-state index contributed by atoms with van der Waals surface area (Å²) < 4.78 is 7.64. The van der Waals surface area contributed by atoms with E-state index in [4.69, 9.17) is 16.6 Å². The molecule has 2 unspecified atom stereocenters. The van der Waals surface area contributed by atoms with E-state index in [-0.39, 0.29) is 23.6 Å². The van der Waals surface area contributed by atoms with Crippen LogP contribution in [-0.4, -0.2) is 32.8 Å². The van der Waals surface area contributed by atoms with E-state index in [1.54, 1.807) is 23.8 Å². The number of anilines is 1. The number of hydrogen-bond donors (Lipinski definition) is 0. The average molecular weight is 525 g/mol. The highest BCUT2D eigenvalue weighted by molar-refractivity contribution is 8.26. The quantitative estimate of drug-likeness (QED) is 0.359. The molecule has 2 saturated heterocycles. The van der Waals surface area contributed by atoms with Crippen LogP contribution in [0.2, 0.25) is 0 Å². The van der Waals surface area contributed by atoms with Crippen molar-refractivity contribution in [1.29, 1.82) is 5.26 Å². The van der Waals surface area contributed by atoms with E-state index >= 15 is 0 Å². The molecule has 0 spiro atoms. The Morgan fingerprint density at radius 1 is 1.28 bits per heavy atom. The van der Waals surface area contributed by atoms with Crippen LogP contribution in [0.5, 0.6) is 0 Å². The largest absolute Gasteiger partial charge is 0.467 e. The monoisotopic (exact) mass is 524 g/mol. The van der Waals surface area contributed by atoms with Gasteiger partial charge in [0.2, 0.25) is 0 Å². The number of rotatable bonds is 7. The predicted octanol–water partition coefficient (Wildman–Crippen LogP) is 5.31. The molecule has 1 amide bonds. The number of aromatic nitrogens is 1. The lowest BCUT2D eigenvalue weighted by molar-refractivity contribution is -0.122. The summed E-state index contributed by atoms with van der Waals surface area (Å²) in [5.41, 5.74) is 1.23. The van der Waals surface area contributed by atoms with Crippen LogP contribution in [0.3, 0.4) is 0 Å². The summed E-state index contributed by atoms with van der Waals surface area (Å²) in [5.74, 6) is 2.20. The summed E-state index contributed by atoms with van der Waals surface area (Å²) in [5, 5.41) is 9.89. The van der Waals surface area contributed by atoms with Crippen molar-refractivity contribution in [2.75, 3.05) is 18.0 Å². The third-order valence-electron chi connectivity index (χ3n) is 6.79. The van der Waals surface area contributed by atoms with Crippen LogP contribution in [0.25, 0.3) is 6.08 Å². The number of hydrogen-bond acceptors (Lipinski definition) is 7. The van der Waals surface area contributed by atoms with Gasteiger partial charge in [0, 0.05) is 25.2 Å². The van der Waals surface area contributed by atoms with Crippen LogP contribution >= 0.6 is 24.0 Å². The van der Waals surface area contributed by atoms with Crippen molar-refractivity contribution in [2.24, 2.45) is 11.8 Å². The van der Waals surface area contributed by atoms with Crippen molar-refractivity contribution in [3.05, 3.63) is 56.1 Å². The highest BCUT2D eigenvalue weighted by Gasteiger charge is 2.34. The molecule has 2 fully saturated rings. The first-order chi connectivity index (χ1) is 17.2. The summed E-state index contributed by atoms with van der Waals surface area (Å²) in [6.07, 6.45) is 6.28. The molecule has 2 aromatic heterocycles. The summed E-state index contributed by atoms with van der Waals surface area (Å²) in [4.78, 5) is 31.2. The second-order valence-corrected chi connectivity index (χ2v) is 11.5. The number of thioether (sulfide) groups is 1. The number of piperidine rings is 1. The van der Waals surface area contributed by atoms with Gasteiger partial charge in [-0.1, -0.05) is 51.2 Å². The third-order valence-corrected chi connectivity index (χ3v) is 8.17. The van der Waals surface area contributed by atoms with Crippen LogP contribution in [-0.2, 0) is 17.9 Å². The topological polar surface area (TPSA) is 82.5 Å². The van der Waals surface area contributed by atoms with E-state index < -0.39 is 0 Å². The highest BCUT2D eigenvalue weighted by Crippen LogP contribution is 2.38. The molecular formula is C27H32N4O3S2. The molecule has 36 heavy (non-hydrogen) atoms. The van der Waals surface area contributed by atoms with E-state index in [2.05, 4.69) is 31.7 Å². The SMILES string of the molecule is CCCCn1c(N2CC(C)CC(C)C2)c(C=C2SC(=S)N(Cc3ccco3)C2=O)c(C)c(C#N)c1=O. The molecule has 2 aliphatic rings. The first-order valence-corrected chi connectivity index (χ1v) is 13.7. The molecule has 0 aliphatic carbocycles. The van der Waals surface area contributed by atoms with Gasteiger partial charge in [0.15, 0.2) is 0 Å². The maximum absolute atomic E-state index is 13.5. The number of furan rings is 1. The minimum Gasteiger partial charge on any atom is -0.467 e. The Morgan fingerprint density at radius 3 is 2.61 bits per heavy atom. The van der Waals surface area contributed by atoms with Gasteiger partial charge in [0.05, 0.1) is 17.7 Å². The van der Waals surface area contributed by atoms with E-state index in [1.165, 1.54) is 16.7 Å². The smallest absolute Gasteiger partial charge is 0.270 e. The van der Waals surface area contributed by atoms with Crippen molar-refractivity contribution in [3.63, 3.8) is 0 Å². The van der Waals surface area contributed by atoms with Gasteiger partial charge < -0.3 is 9.32 Å².